The Morgan fingerprint density at radius 3 is 3.00 bits per heavy atom. The Balaban J connectivity index is 3.22. The van der Waals surface area contributed by atoms with E-state index in [1.165, 1.54) is 23.0 Å². The minimum absolute atomic E-state index is 0.104. The first-order chi connectivity index (χ1) is 6.07. The van der Waals surface area contributed by atoms with E-state index in [9.17, 15) is 15.0 Å². The Morgan fingerprint density at radius 1 is 1.92 bits per heavy atom. The van der Waals surface area contributed by atoms with Gasteiger partial charge in [0.1, 0.15) is 12.4 Å². The van der Waals surface area contributed by atoms with Crippen molar-refractivity contribution in [1.29, 1.82) is 0 Å². The molecule has 1 rings (SSSR count). The van der Waals surface area contributed by atoms with Crippen LogP contribution in [0, 0.1) is 0 Å². The van der Waals surface area contributed by atoms with Crippen LogP contribution < -0.4 is 9.67 Å². The van der Waals surface area contributed by atoms with Gasteiger partial charge in [-0.3, -0.25) is 0 Å². The van der Waals surface area contributed by atoms with Gasteiger partial charge in [0.2, 0.25) is 6.23 Å². The van der Waals surface area contributed by atoms with Crippen molar-refractivity contribution in [2.75, 3.05) is 0 Å². The van der Waals surface area contributed by atoms with Gasteiger partial charge in [-0.2, -0.15) is 4.57 Å². The average Bonchev–Trinajstić information content (AvgIpc) is 2.45. The topological polar surface area (TPSA) is 69.2 Å². The van der Waals surface area contributed by atoms with E-state index < -0.39 is 12.2 Å². The molecule has 13 heavy (non-hydrogen) atoms. The van der Waals surface area contributed by atoms with Gasteiger partial charge in [-0.1, -0.05) is 6.58 Å². The molecule has 5 nitrogen and oxygen atoms in total. The van der Waals surface area contributed by atoms with Gasteiger partial charge in [0.15, 0.2) is 5.97 Å². The lowest BCUT2D eigenvalue weighted by Crippen LogP contribution is -2.41. The van der Waals surface area contributed by atoms with E-state index in [-0.39, 0.29) is 5.82 Å². The summed E-state index contributed by atoms with van der Waals surface area (Å²) >= 11 is 0. The molecule has 0 saturated heterocycles. The molecule has 0 spiro atoms. The summed E-state index contributed by atoms with van der Waals surface area (Å²) in [5.41, 5.74) is 0. The summed E-state index contributed by atoms with van der Waals surface area (Å²) in [6.07, 6.45) is 3.14. The molecule has 1 heterocycles. The van der Waals surface area contributed by atoms with Crippen LogP contribution >= 0.6 is 0 Å². The van der Waals surface area contributed by atoms with E-state index >= 15 is 0 Å². The van der Waals surface area contributed by atoms with Crippen LogP contribution in [0.3, 0.4) is 0 Å². The second-order valence-electron chi connectivity index (χ2n) is 2.58. The number of aliphatic hydroxyl groups excluding tert-OH is 1. The van der Waals surface area contributed by atoms with Crippen LogP contribution in [-0.4, -0.2) is 15.6 Å². The number of imidazole rings is 1. The van der Waals surface area contributed by atoms with Crippen molar-refractivity contribution in [3.63, 3.8) is 0 Å². The van der Waals surface area contributed by atoms with Crippen LogP contribution in [-0.2, 0) is 7.05 Å². The first-order valence-corrected chi connectivity index (χ1v) is 3.66. The first kappa shape index (κ1) is 9.47. The minimum atomic E-state index is -1.34. The van der Waals surface area contributed by atoms with Gasteiger partial charge in [0.05, 0.1) is 7.05 Å². The molecular formula is C8H10N2O3. The zero-order valence-electron chi connectivity index (χ0n) is 7.17. The number of carbonyl (C=O) groups excluding carboxylic acids is 1. The fraction of sp³-hybridized carbons (Fsp3) is 0.250. The minimum Gasteiger partial charge on any atom is -0.538 e. The largest absolute Gasteiger partial charge is 0.538 e. The highest BCUT2D eigenvalue weighted by Crippen LogP contribution is 2.04. The van der Waals surface area contributed by atoms with Crippen LogP contribution in [0.5, 0.6) is 0 Å². The number of nitrogens with zero attached hydrogens (tertiary/aromatic N) is 2. The second-order valence-corrected chi connectivity index (χ2v) is 2.58. The van der Waals surface area contributed by atoms with Crippen molar-refractivity contribution in [2.45, 2.75) is 6.23 Å². The van der Waals surface area contributed by atoms with Gasteiger partial charge in [0, 0.05) is 0 Å². The summed E-state index contributed by atoms with van der Waals surface area (Å²) < 4.78 is 2.50. The molecule has 1 unspecified atom stereocenters. The summed E-state index contributed by atoms with van der Waals surface area (Å²) in [5, 5.41) is 19.9. The summed E-state index contributed by atoms with van der Waals surface area (Å²) in [5.74, 6) is -1.44. The highest BCUT2D eigenvalue weighted by molar-refractivity contribution is 5.79. The molecule has 1 N–H and O–H groups in total. The molecule has 0 bridgehead atoms. The Morgan fingerprint density at radius 2 is 2.54 bits per heavy atom. The molecular weight excluding hydrogens is 172 g/mol. The number of aliphatic hydroxyl groups is 1. The highest BCUT2D eigenvalue weighted by atomic mass is 16.4. The molecule has 0 aliphatic carbocycles. The Kier molecular flexibility index (Phi) is 2.48. The number of aromatic carboxylic acids is 1. The maximum absolute atomic E-state index is 10.6. The van der Waals surface area contributed by atoms with E-state index in [2.05, 4.69) is 6.58 Å². The van der Waals surface area contributed by atoms with Crippen molar-refractivity contribution in [2.24, 2.45) is 7.05 Å². The molecule has 1 atom stereocenters. The van der Waals surface area contributed by atoms with Gasteiger partial charge in [-0.25, -0.2) is 4.57 Å². The average molecular weight is 182 g/mol. The molecule has 0 amide bonds. The summed E-state index contributed by atoms with van der Waals surface area (Å²) in [6, 6.07) is 0. The number of hydrogen-bond donors (Lipinski definition) is 1. The van der Waals surface area contributed by atoms with Gasteiger partial charge in [-0.15, -0.1) is 0 Å². The number of carbonyl (C=O) groups is 1. The van der Waals surface area contributed by atoms with Crippen LogP contribution in [0.25, 0.3) is 0 Å². The molecule has 0 aliphatic rings. The molecule has 0 aliphatic heterocycles. The van der Waals surface area contributed by atoms with E-state index in [4.69, 9.17) is 0 Å². The monoisotopic (exact) mass is 182 g/mol. The van der Waals surface area contributed by atoms with Crippen molar-refractivity contribution < 1.29 is 19.6 Å². The maximum Gasteiger partial charge on any atom is 0.307 e. The maximum atomic E-state index is 10.6. The Labute approximate surface area is 75.2 Å². The predicted molar refractivity (Wildman–Crippen MR) is 41.4 cm³/mol. The fourth-order valence-corrected chi connectivity index (χ4v) is 1.07. The smallest absolute Gasteiger partial charge is 0.307 e. The van der Waals surface area contributed by atoms with E-state index in [0.717, 1.165) is 4.57 Å². The summed E-state index contributed by atoms with van der Waals surface area (Å²) in [6.45, 7) is 3.35. The third kappa shape index (κ3) is 1.59. The quantitative estimate of drug-likeness (QED) is 0.450. The molecule has 0 saturated carbocycles. The molecule has 1 aromatic rings. The number of aryl methyl sites for hydroxylation is 1. The number of aromatic nitrogens is 2. The molecule has 1 aromatic heterocycles. The third-order valence-corrected chi connectivity index (χ3v) is 1.71. The number of hydrogen-bond acceptors (Lipinski definition) is 3. The fourth-order valence-electron chi connectivity index (χ4n) is 1.07. The number of carboxylic acid groups (broad SMARTS) is 1. The zero-order valence-corrected chi connectivity index (χ0v) is 7.17. The lowest BCUT2D eigenvalue weighted by atomic mass is 10.5. The normalized spacial score (nSPS) is 12.5. The van der Waals surface area contributed by atoms with Crippen LogP contribution in [0.1, 0.15) is 16.8 Å². The lowest BCUT2D eigenvalue weighted by molar-refractivity contribution is -0.675. The Hall–Kier alpha value is -1.62. The SMILES string of the molecule is C=CC(O)n1cc[n+](C)c1C(=O)[O-]. The summed E-state index contributed by atoms with van der Waals surface area (Å²) in [4.78, 5) is 10.6. The van der Waals surface area contributed by atoms with Crippen molar-refractivity contribution >= 4 is 5.97 Å². The Bertz CT molecular complexity index is 343. The van der Waals surface area contributed by atoms with Crippen molar-refractivity contribution in [1.82, 2.24) is 4.57 Å². The van der Waals surface area contributed by atoms with Crippen LogP contribution in [0.2, 0.25) is 0 Å². The summed E-state index contributed by atoms with van der Waals surface area (Å²) in [7, 11) is 1.55. The van der Waals surface area contributed by atoms with Crippen molar-refractivity contribution in [3.05, 3.63) is 30.9 Å². The molecule has 0 radical (unpaired) electrons. The zero-order chi connectivity index (χ0) is 10.0. The van der Waals surface area contributed by atoms with Gasteiger partial charge >= 0.3 is 5.82 Å². The van der Waals surface area contributed by atoms with Crippen molar-refractivity contribution in [3.8, 4) is 0 Å². The number of rotatable bonds is 3. The van der Waals surface area contributed by atoms with Gasteiger partial charge in [-0.05, 0) is 6.08 Å². The number of carboxylic acids is 1. The van der Waals surface area contributed by atoms with Gasteiger partial charge < -0.3 is 15.0 Å². The predicted octanol–water partition coefficient (Wildman–Crippen LogP) is -1.65. The molecule has 0 fully saturated rings. The molecule has 5 heteroatoms. The third-order valence-electron chi connectivity index (χ3n) is 1.71. The molecule has 70 valence electrons. The standard InChI is InChI=1S/C8H10N2O3/c1-3-6(11)10-5-4-9(2)7(10)8(12)13/h3-6,11H,1H2,2H3. The van der Waals surface area contributed by atoms with E-state index in [1.54, 1.807) is 7.05 Å². The van der Waals surface area contributed by atoms with Gasteiger partial charge in [0.25, 0.3) is 0 Å². The van der Waals surface area contributed by atoms with Crippen LogP contribution in [0.4, 0.5) is 0 Å². The van der Waals surface area contributed by atoms with E-state index in [1.807, 2.05) is 0 Å². The highest BCUT2D eigenvalue weighted by Gasteiger charge is 2.19. The lowest BCUT2D eigenvalue weighted by Gasteiger charge is -2.05. The second kappa shape index (κ2) is 3.40. The molecule has 0 aromatic carbocycles. The van der Waals surface area contributed by atoms with E-state index in [0.29, 0.717) is 0 Å². The first-order valence-electron chi connectivity index (χ1n) is 3.66. The van der Waals surface area contributed by atoms with Crippen LogP contribution in [0.15, 0.2) is 25.0 Å².